The number of benzene rings is 1. The summed E-state index contributed by atoms with van der Waals surface area (Å²) in [5.74, 6) is -0.0398. The van der Waals surface area contributed by atoms with E-state index in [1.165, 1.54) is 37.8 Å². The van der Waals surface area contributed by atoms with Crippen LogP contribution in [0.15, 0.2) is 24.3 Å². The lowest BCUT2D eigenvalue weighted by Crippen LogP contribution is -2.43. The number of nitrogens with zero attached hydrogens (tertiary/aromatic N) is 1. The van der Waals surface area contributed by atoms with E-state index in [9.17, 15) is 9.90 Å². The van der Waals surface area contributed by atoms with Gasteiger partial charge in [-0.1, -0.05) is 37.1 Å². The zero-order chi connectivity index (χ0) is 15.9. The third-order valence-electron chi connectivity index (χ3n) is 6.60. The topological polar surface area (TPSA) is 40.5 Å². The van der Waals surface area contributed by atoms with Crippen LogP contribution in [-0.4, -0.2) is 35.6 Å². The molecule has 1 heterocycles. The molecule has 0 radical (unpaired) electrons. The summed E-state index contributed by atoms with van der Waals surface area (Å²) < 4.78 is 0. The minimum atomic E-state index is -0.650. The van der Waals surface area contributed by atoms with Crippen molar-refractivity contribution in [1.82, 2.24) is 4.90 Å². The van der Waals surface area contributed by atoms with Crippen LogP contribution in [0.3, 0.4) is 0 Å². The first kappa shape index (κ1) is 15.2. The smallest absolute Gasteiger partial charge is 0.311 e. The zero-order valence-electron chi connectivity index (χ0n) is 13.8. The molecule has 1 N–H and O–H groups in total. The van der Waals surface area contributed by atoms with Crippen molar-refractivity contribution in [3.05, 3.63) is 35.4 Å². The minimum Gasteiger partial charge on any atom is -0.481 e. The second kappa shape index (κ2) is 5.94. The Morgan fingerprint density at radius 2 is 1.91 bits per heavy atom. The molecule has 126 valence electrons. The summed E-state index contributed by atoms with van der Waals surface area (Å²) in [7, 11) is 0. The first-order chi connectivity index (χ1) is 11.2. The number of carbonyl (C=O) groups is 1. The van der Waals surface area contributed by atoms with Gasteiger partial charge in [0.1, 0.15) is 0 Å². The lowest BCUT2D eigenvalue weighted by molar-refractivity contribution is -0.139. The van der Waals surface area contributed by atoms with Gasteiger partial charge in [0.15, 0.2) is 0 Å². The van der Waals surface area contributed by atoms with Crippen LogP contribution in [0.2, 0.25) is 0 Å². The van der Waals surface area contributed by atoms with Crippen molar-refractivity contribution in [2.24, 2.45) is 5.92 Å². The van der Waals surface area contributed by atoms with Crippen LogP contribution in [0, 0.1) is 5.92 Å². The Bertz CT molecular complexity index is 589. The molecule has 23 heavy (non-hydrogen) atoms. The highest BCUT2D eigenvalue weighted by molar-refractivity contribution is 5.78. The maximum absolute atomic E-state index is 11.7. The number of piperidine rings is 1. The zero-order valence-corrected chi connectivity index (χ0v) is 13.8. The van der Waals surface area contributed by atoms with E-state index in [2.05, 4.69) is 17.0 Å². The molecule has 4 rings (SSSR count). The van der Waals surface area contributed by atoms with E-state index >= 15 is 0 Å². The Morgan fingerprint density at radius 3 is 2.61 bits per heavy atom. The Kier molecular flexibility index (Phi) is 3.92. The fraction of sp³-hybridized carbons (Fsp3) is 0.650. The van der Waals surface area contributed by atoms with Gasteiger partial charge < -0.3 is 10.0 Å². The van der Waals surface area contributed by atoms with Crippen LogP contribution in [0.4, 0.5) is 0 Å². The summed E-state index contributed by atoms with van der Waals surface area (Å²) in [5, 5.41) is 9.61. The average Bonchev–Trinajstić information content (AvgIpc) is 3.17. The van der Waals surface area contributed by atoms with Crippen LogP contribution >= 0.6 is 0 Å². The Morgan fingerprint density at radius 1 is 1.22 bits per heavy atom. The van der Waals surface area contributed by atoms with Crippen LogP contribution in [-0.2, 0) is 10.2 Å². The quantitative estimate of drug-likeness (QED) is 0.915. The molecule has 1 atom stereocenters. The normalized spacial score (nSPS) is 27.4. The Hall–Kier alpha value is -1.35. The van der Waals surface area contributed by atoms with Crippen molar-refractivity contribution in [1.29, 1.82) is 0 Å². The van der Waals surface area contributed by atoms with Gasteiger partial charge in [-0.3, -0.25) is 4.79 Å². The monoisotopic (exact) mass is 315 g/mol. The van der Waals surface area contributed by atoms with Gasteiger partial charge in [0.25, 0.3) is 0 Å². The van der Waals surface area contributed by atoms with Crippen molar-refractivity contribution in [2.45, 2.75) is 56.3 Å². The van der Waals surface area contributed by atoms with E-state index in [4.69, 9.17) is 0 Å². The maximum Gasteiger partial charge on any atom is 0.311 e. The average molecular weight is 315 g/mol. The summed E-state index contributed by atoms with van der Waals surface area (Å²) in [6.45, 7) is 3.54. The predicted molar refractivity (Wildman–Crippen MR) is 92.9 cm³/mol. The van der Waals surface area contributed by atoms with Gasteiger partial charge in [-0.05, 0) is 67.7 Å². The number of rotatable bonds is 3. The van der Waals surface area contributed by atoms with Gasteiger partial charge in [-0.15, -0.1) is 0 Å². The highest BCUT2D eigenvalue weighted by Gasteiger charge is 2.47. The van der Waals surface area contributed by atoms with Crippen LogP contribution < -0.4 is 0 Å². The van der Waals surface area contributed by atoms with Crippen LogP contribution in [0.25, 0.3) is 0 Å². The SMILES string of the molecule is O=C(O)C1CC2(CCN(CC3CCCC3)CC2)c2ccccc21.[HH]. The second-order valence-electron chi connectivity index (χ2n) is 7.91. The van der Waals surface area contributed by atoms with Gasteiger partial charge >= 0.3 is 5.97 Å². The number of likely N-dealkylation sites (tertiary alicyclic amines) is 1. The molecule has 0 aromatic heterocycles. The van der Waals surface area contributed by atoms with E-state index in [-0.39, 0.29) is 12.8 Å². The van der Waals surface area contributed by atoms with Gasteiger partial charge in [-0.25, -0.2) is 0 Å². The molecular weight excluding hydrogens is 286 g/mol. The molecule has 1 unspecified atom stereocenters. The van der Waals surface area contributed by atoms with Crippen LogP contribution in [0.1, 0.15) is 63.4 Å². The molecule has 1 saturated heterocycles. The van der Waals surface area contributed by atoms with Crippen molar-refractivity contribution in [3.8, 4) is 0 Å². The molecule has 0 bridgehead atoms. The molecule has 1 aromatic carbocycles. The molecular formula is C20H29NO2. The molecule has 3 heteroatoms. The van der Waals surface area contributed by atoms with Crippen molar-refractivity contribution >= 4 is 5.97 Å². The molecule has 1 spiro atoms. The third kappa shape index (κ3) is 2.69. The Balaban J connectivity index is 0.00000169. The number of carboxylic acid groups (broad SMARTS) is 1. The van der Waals surface area contributed by atoms with E-state index < -0.39 is 5.97 Å². The standard InChI is InChI=1S/C20H27NO2.H2/c22-19(23)17-13-20(18-8-4-3-7-16(17)18)9-11-21(12-10-20)14-15-5-1-2-6-15;/h3-4,7-8,15,17H,1-2,5-6,9-14H2,(H,22,23);1H. The summed E-state index contributed by atoms with van der Waals surface area (Å²) >= 11 is 0. The fourth-order valence-electron chi connectivity index (χ4n) is 5.31. The highest BCUT2D eigenvalue weighted by Crippen LogP contribution is 2.51. The first-order valence-electron chi connectivity index (χ1n) is 9.22. The number of fused-ring (bicyclic) bond motifs is 2. The predicted octanol–water partition coefficient (Wildman–Crippen LogP) is 4.03. The Labute approximate surface area is 140 Å². The molecule has 1 saturated carbocycles. The molecule has 2 aliphatic carbocycles. The molecule has 3 aliphatic rings. The number of hydrogen-bond acceptors (Lipinski definition) is 2. The van der Waals surface area contributed by atoms with E-state index in [1.54, 1.807) is 0 Å². The van der Waals surface area contributed by atoms with Gasteiger partial charge in [0.2, 0.25) is 0 Å². The fourth-order valence-corrected chi connectivity index (χ4v) is 5.31. The van der Waals surface area contributed by atoms with Crippen molar-refractivity contribution in [3.63, 3.8) is 0 Å². The van der Waals surface area contributed by atoms with Crippen molar-refractivity contribution in [2.75, 3.05) is 19.6 Å². The van der Waals surface area contributed by atoms with Crippen molar-refractivity contribution < 1.29 is 11.3 Å². The molecule has 1 aliphatic heterocycles. The largest absolute Gasteiger partial charge is 0.481 e. The van der Waals surface area contributed by atoms with E-state index in [1.807, 2.05) is 12.1 Å². The highest BCUT2D eigenvalue weighted by atomic mass is 16.4. The van der Waals surface area contributed by atoms with E-state index in [0.717, 1.165) is 43.8 Å². The maximum atomic E-state index is 11.7. The van der Waals surface area contributed by atoms with E-state index in [0.29, 0.717) is 0 Å². The van der Waals surface area contributed by atoms with Gasteiger partial charge in [0.05, 0.1) is 5.92 Å². The van der Waals surface area contributed by atoms with Crippen LogP contribution in [0.5, 0.6) is 0 Å². The molecule has 1 aromatic rings. The summed E-state index contributed by atoms with van der Waals surface area (Å²) in [4.78, 5) is 14.3. The number of hydrogen-bond donors (Lipinski definition) is 1. The second-order valence-corrected chi connectivity index (χ2v) is 7.91. The summed E-state index contributed by atoms with van der Waals surface area (Å²) in [6, 6.07) is 8.29. The lowest BCUT2D eigenvalue weighted by Gasteiger charge is -2.41. The first-order valence-corrected chi connectivity index (χ1v) is 9.22. The molecule has 0 amide bonds. The number of carboxylic acids is 1. The molecule has 2 fully saturated rings. The lowest BCUT2D eigenvalue weighted by atomic mass is 9.73. The number of aliphatic carboxylic acids is 1. The summed E-state index contributed by atoms with van der Waals surface area (Å²) in [6.07, 6.45) is 8.70. The third-order valence-corrected chi connectivity index (χ3v) is 6.60. The van der Waals surface area contributed by atoms with Gasteiger partial charge in [-0.2, -0.15) is 0 Å². The van der Waals surface area contributed by atoms with Gasteiger partial charge in [0, 0.05) is 7.97 Å². The minimum absolute atomic E-state index is 0. The molecule has 3 nitrogen and oxygen atoms in total. The summed E-state index contributed by atoms with van der Waals surface area (Å²) in [5.41, 5.74) is 2.52.